The molecule has 116 valence electrons. The van der Waals surface area contributed by atoms with Gasteiger partial charge in [-0.3, -0.25) is 0 Å². The van der Waals surface area contributed by atoms with Crippen molar-refractivity contribution >= 4 is 0 Å². The Kier molecular flexibility index (Phi) is 5.04. The van der Waals surface area contributed by atoms with E-state index in [9.17, 15) is 0 Å². The monoisotopic (exact) mass is 278 g/mol. The van der Waals surface area contributed by atoms with Crippen LogP contribution >= 0.6 is 0 Å². The van der Waals surface area contributed by atoms with Crippen LogP contribution in [0, 0.1) is 11.8 Å². The van der Waals surface area contributed by atoms with E-state index in [2.05, 4.69) is 17.3 Å². The lowest BCUT2D eigenvalue weighted by atomic mass is 9.74. The first-order chi connectivity index (χ1) is 9.81. The van der Waals surface area contributed by atoms with Gasteiger partial charge in [0.15, 0.2) is 0 Å². The summed E-state index contributed by atoms with van der Waals surface area (Å²) < 4.78 is 0. The zero-order valence-corrected chi connectivity index (χ0v) is 13.5. The number of fused-ring (bicyclic) bond motifs is 1. The minimum absolute atomic E-state index is 0.474. The molecule has 2 atom stereocenters. The average molecular weight is 278 g/mol. The van der Waals surface area contributed by atoms with Crippen LogP contribution < -0.4 is 5.32 Å². The Morgan fingerprint density at radius 3 is 2.45 bits per heavy atom. The van der Waals surface area contributed by atoms with Crippen LogP contribution in [-0.4, -0.2) is 37.1 Å². The molecule has 2 heteroatoms. The van der Waals surface area contributed by atoms with Crippen LogP contribution in [0.5, 0.6) is 0 Å². The molecule has 2 saturated carbocycles. The molecule has 2 aliphatic carbocycles. The van der Waals surface area contributed by atoms with E-state index in [1.807, 2.05) is 0 Å². The number of nitrogens with zero attached hydrogens (tertiary/aromatic N) is 1. The maximum absolute atomic E-state index is 3.69. The van der Waals surface area contributed by atoms with Crippen LogP contribution in [0.25, 0.3) is 0 Å². The van der Waals surface area contributed by atoms with E-state index in [4.69, 9.17) is 0 Å². The maximum Gasteiger partial charge on any atom is 0.0190 e. The maximum atomic E-state index is 3.69. The van der Waals surface area contributed by atoms with Crippen molar-refractivity contribution in [2.24, 2.45) is 11.8 Å². The second-order valence-corrected chi connectivity index (χ2v) is 7.73. The van der Waals surface area contributed by atoms with E-state index >= 15 is 0 Å². The van der Waals surface area contributed by atoms with Gasteiger partial charge < -0.3 is 10.2 Å². The SMILES string of the molecule is CNC1(CCN2CCC3CCCCC3C2)CCCCC1. The molecule has 0 aromatic rings. The van der Waals surface area contributed by atoms with Gasteiger partial charge in [0.05, 0.1) is 0 Å². The Morgan fingerprint density at radius 1 is 0.950 bits per heavy atom. The van der Waals surface area contributed by atoms with Gasteiger partial charge in [-0.25, -0.2) is 0 Å². The van der Waals surface area contributed by atoms with Crippen LogP contribution in [0.4, 0.5) is 0 Å². The Morgan fingerprint density at radius 2 is 1.70 bits per heavy atom. The lowest BCUT2D eigenvalue weighted by Gasteiger charge is -2.43. The molecule has 0 bridgehead atoms. The summed E-state index contributed by atoms with van der Waals surface area (Å²) in [5.74, 6) is 2.11. The molecule has 0 spiro atoms. The van der Waals surface area contributed by atoms with Gasteiger partial charge >= 0.3 is 0 Å². The van der Waals surface area contributed by atoms with E-state index in [-0.39, 0.29) is 0 Å². The number of hydrogen-bond donors (Lipinski definition) is 1. The molecule has 2 unspecified atom stereocenters. The zero-order valence-electron chi connectivity index (χ0n) is 13.5. The molecule has 3 rings (SSSR count). The predicted octanol–water partition coefficient (Wildman–Crippen LogP) is 3.81. The molecule has 20 heavy (non-hydrogen) atoms. The van der Waals surface area contributed by atoms with Crippen molar-refractivity contribution in [2.45, 2.75) is 76.2 Å². The molecular weight excluding hydrogens is 244 g/mol. The molecule has 2 nitrogen and oxygen atoms in total. The highest BCUT2D eigenvalue weighted by molar-refractivity contribution is 4.91. The highest BCUT2D eigenvalue weighted by Gasteiger charge is 2.34. The second kappa shape index (κ2) is 6.79. The quantitative estimate of drug-likeness (QED) is 0.841. The smallest absolute Gasteiger partial charge is 0.0190 e. The average Bonchev–Trinajstić information content (AvgIpc) is 2.54. The molecule has 3 aliphatic rings. The summed E-state index contributed by atoms with van der Waals surface area (Å²) in [5.41, 5.74) is 0.474. The fourth-order valence-electron chi connectivity index (χ4n) is 5.10. The first-order valence-electron chi connectivity index (χ1n) is 9.23. The van der Waals surface area contributed by atoms with Gasteiger partial charge in [0, 0.05) is 12.1 Å². The van der Waals surface area contributed by atoms with Crippen LogP contribution in [0.3, 0.4) is 0 Å². The summed E-state index contributed by atoms with van der Waals surface area (Å²) in [7, 11) is 2.19. The van der Waals surface area contributed by atoms with E-state index in [0.717, 1.165) is 11.8 Å². The second-order valence-electron chi connectivity index (χ2n) is 7.73. The van der Waals surface area contributed by atoms with Gasteiger partial charge in [0.1, 0.15) is 0 Å². The number of likely N-dealkylation sites (tertiary alicyclic amines) is 1. The standard InChI is InChI=1S/C18H34N2/c1-19-18(10-5-2-6-11-18)12-14-20-13-9-16-7-3-4-8-17(16)15-20/h16-17,19H,2-15H2,1H3. The van der Waals surface area contributed by atoms with Gasteiger partial charge in [-0.05, 0) is 64.1 Å². The topological polar surface area (TPSA) is 15.3 Å². The number of piperidine rings is 1. The molecule has 3 fully saturated rings. The van der Waals surface area contributed by atoms with E-state index < -0.39 is 0 Å². The number of nitrogens with one attached hydrogen (secondary N) is 1. The third-order valence-electron chi connectivity index (χ3n) is 6.62. The summed E-state index contributed by atoms with van der Waals surface area (Å²) >= 11 is 0. The molecule has 0 amide bonds. The van der Waals surface area contributed by atoms with Gasteiger partial charge in [0.25, 0.3) is 0 Å². The van der Waals surface area contributed by atoms with Crippen LogP contribution in [-0.2, 0) is 0 Å². The molecule has 0 aromatic heterocycles. The Bertz CT molecular complexity index is 296. The highest BCUT2D eigenvalue weighted by Crippen LogP contribution is 2.37. The van der Waals surface area contributed by atoms with Gasteiger partial charge in [-0.15, -0.1) is 0 Å². The van der Waals surface area contributed by atoms with Crippen molar-refractivity contribution in [2.75, 3.05) is 26.7 Å². The first kappa shape index (κ1) is 14.8. The van der Waals surface area contributed by atoms with Crippen molar-refractivity contribution in [3.8, 4) is 0 Å². The fourth-order valence-corrected chi connectivity index (χ4v) is 5.10. The van der Waals surface area contributed by atoms with Crippen molar-refractivity contribution in [1.29, 1.82) is 0 Å². The predicted molar refractivity (Wildman–Crippen MR) is 86.0 cm³/mol. The molecular formula is C18H34N2. The summed E-state index contributed by atoms with van der Waals surface area (Å²) in [6.45, 7) is 4.12. The Balaban J connectivity index is 1.48. The molecule has 1 aliphatic heterocycles. The fraction of sp³-hybridized carbons (Fsp3) is 1.00. The third-order valence-corrected chi connectivity index (χ3v) is 6.62. The van der Waals surface area contributed by atoms with Gasteiger partial charge in [-0.1, -0.05) is 38.5 Å². The lowest BCUT2D eigenvalue weighted by Crippen LogP contribution is -2.49. The third kappa shape index (κ3) is 3.39. The lowest BCUT2D eigenvalue weighted by molar-refractivity contribution is 0.0755. The van der Waals surface area contributed by atoms with E-state index in [1.54, 1.807) is 0 Å². The molecule has 1 N–H and O–H groups in total. The normalized spacial score (nSPS) is 34.6. The van der Waals surface area contributed by atoms with Crippen molar-refractivity contribution in [3.05, 3.63) is 0 Å². The van der Waals surface area contributed by atoms with Crippen LogP contribution in [0.2, 0.25) is 0 Å². The summed E-state index contributed by atoms with van der Waals surface area (Å²) in [6, 6.07) is 0. The van der Waals surface area contributed by atoms with Crippen molar-refractivity contribution in [1.82, 2.24) is 10.2 Å². The van der Waals surface area contributed by atoms with Crippen molar-refractivity contribution in [3.63, 3.8) is 0 Å². The van der Waals surface area contributed by atoms with Crippen LogP contribution in [0.15, 0.2) is 0 Å². The van der Waals surface area contributed by atoms with Gasteiger partial charge in [0.2, 0.25) is 0 Å². The molecule has 1 heterocycles. The first-order valence-corrected chi connectivity index (χ1v) is 9.23. The van der Waals surface area contributed by atoms with Crippen molar-refractivity contribution < 1.29 is 0 Å². The van der Waals surface area contributed by atoms with E-state index in [0.29, 0.717) is 5.54 Å². The summed E-state index contributed by atoms with van der Waals surface area (Å²) in [6.07, 6.45) is 16.0. The minimum atomic E-state index is 0.474. The summed E-state index contributed by atoms with van der Waals surface area (Å²) in [4.78, 5) is 2.79. The molecule has 1 saturated heterocycles. The Labute approximate surface area is 125 Å². The molecule has 0 aromatic carbocycles. The zero-order chi connectivity index (χ0) is 13.8. The highest BCUT2D eigenvalue weighted by atomic mass is 15.1. The summed E-state index contributed by atoms with van der Waals surface area (Å²) in [5, 5.41) is 3.69. The van der Waals surface area contributed by atoms with Crippen LogP contribution in [0.1, 0.15) is 70.6 Å². The Hall–Kier alpha value is -0.0800. The van der Waals surface area contributed by atoms with E-state index in [1.165, 1.54) is 90.3 Å². The van der Waals surface area contributed by atoms with Gasteiger partial charge in [-0.2, -0.15) is 0 Å². The molecule has 0 radical (unpaired) electrons. The number of rotatable bonds is 4. The minimum Gasteiger partial charge on any atom is -0.314 e. The largest absolute Gasteiger partial charge is 0.314 e. The number of hydrogen-bond acceptors (Lipinski definition) is 2.